The third kappa shape index (κ3) is 5.67. The smallest absolute Gasteiger partial charge is 0.251 e. The highest BCUT2D eigenvalue weighted by Gasteiger charge is 2.29. The zero-order chi connectivity index (χ0) is 19.9. The van der Waals surface area contributed by atoms with Gasteiger partial charge in [0, 0.05) is 35.8 Å². The Balaban J connectivity index is 1.44. The number of hydrogen-bond donors (Lipinski definition) is 3. The van der Waals surface area contributed by atoms with Crippen LogP contribution in [-0.4, -0.2) is 24.3 Å². The molecule has 0 heterocycles. The summed E-state index contributed by atoms with van der Waals surface area (Å²) in [5.41, 5.74) is 2.91. The molecule has 146 valence electrons. The van der Waals surface area contributed by atoms with Crippen LogP contribution in [-0.2, 0) is 9.59 Å². The summed E-state index contributed by atoms with van der Waals surface area (Å²) in [6.07, 6.45) is 2.74. The van der Waals surface area contributed by atoms with Gasteiger partial charge in [-0.2, -0.15) is 0 Å². The lowest BCUT2D eigenvalue weighted by Crippen LogP contribution is -2.25. The predicted molar refractivity (Wildman–Crippen MR) is 109 cm³/mol. The minimum absolute atomic E-state index is 0.0373. The lowest BCUT2D eigenvalue weighted by Gasteiger charge is -2.12. The van der Waals surface area contributed by atoms with Crippen LogP contribution in [0.3, 0.4) is 0 Å². The molecular formula is C22H25N3O3. The molecule has 0 unspecified atom stereocenters. The first-order chi connectivity index (χ1) is 13.5. The van der Waals surface area contributed by atoms with Crippen molar-refractivity contribution in [3.8, 4) is 0 Å². The van der Waals surface area contributed by atoms with E-state index in [1.807, 2.05) is 37.3 Å². The van der Waals surface area contributed by atoms with Crippen molar-refractivity contribution in [3.05, 3.63) is 59.7 Å². The van der Waals surface area contributed by atoms with Gasteiger partial charge in [-0.15, -0.1) is 0 Å². The van der Waals surface area contributed by atoms with Crippen LogP contribution >= 0.6 is 0 Å². The maximum Gasteiger partial charge on any atom is 0.251 e. The number of benzene rings is 2. The molecule has 0 aliphatic heterocycles. The van der Waals surface area contributed by atoms with E-state index in [-0.39, 0.29) is 23.6 Å². The summed E-state index contributed by atoms with van der Waals surface area (Å²) in [7, 11) is 0. The molecule has 1 aliphatic carbocycles. The molecule has 1 fully saturated rings. The zero-order valence-corrected chi connectivity index (χ0v) is 16.0. The van der Waals surface area contributed by atoms with Crippen molar-refractivity contribution < 1.29 is 14.4 Å². The molecule has 28 heavy (non-hydrogen) atoms. The topological polar surface area (TPSA) is 87.3 Å². The first-order valence-electron chi connectivity index (χ1n) is 9.57. The Labute approximate surface area is 164 Å². The molecule has 3 amide bonds. The van der Waals surface area contributed by atoms with E-state index in [4.69, 9.17) is 0 Å². The molecule has 6 heteroatoms. The van der Waals surface area contributed by atoms with E-state index < -0.39 is 0 Å². The Morgan fingerprint density at radius 2 is 1.75 bits per heavy atom. The van der Waals surface area contributed by atoms with Gasteiger partial charge in [0.15, 0.2) is 0 Å². The van der Waals surface area contributed by atoms with Gasteiger partial charge >= 0.3 is 0 Å². The minimum Gasteiger partial charge on any atom is -0.352 e. The molecule has 2 aromatic rings. The SMILES string of the molecule is Cc1ccc(NC(=O)C2CC2)cc1NC(=O)CCCNC(=O)c1ccccc1. The van der Waals surface area contributed by atoms with Gasteiger partial charge in [0.2, 0.25) is 11.8 Å². The molecule has 0 aromatic heterocycles. The number of anilines is 2. The van der Waals surface area contributed by atoms with Crippen LogP contribution in [0.5, 0.6) is 0 Å². The lowest BCUT2D eigenvalue weighted by molar-refractivity contribution is -0.117. The molecule has 0 atom stereocenters. The number of carbonyl (C=O) groups excluding carboxylic acids is 3. The normalized spacial score (nSPS) is 12.9. The number of rotatable bonds is 8. The van der Waals surface area contributed by atoms with E-state index in [0.717, 1.165) is 18.4 Å². The maximum absolute atomic E-state index is 12.2. The molecular weight excluding hydrogens is 354 g/mol. The second-order valence-corrected chi connectivity index (χ2v) is 7.07. The number of nitrogens with one attached hydrogen (secondary N) is 3. The molecule has 1 aliphatic rings. The van der Waals surface area contributed by atoms with Crippen LogP contribution in [0, 0.1) is 12.8 Å². The van der Waals surface area contributed by atoms with E-state index in [2.05, 4.69) is 16.0 Å². The van der Waals surface area contributed by atoms with Gasteiger partial charge in [0.05, 0.1) is 0 Å². The Bertz CT molecular complexity index is 861. The minimum atomic E-state index is -0.143. The van der Waals surface area contributed by atoms with E-state index >= 15 is 0 Å². The van der Waals surface area contributed by atoms with Crippen LogP contribution in [0.25, 0.3) is 0 Å². The Morgan fingerprint density at radius 3 is 2.46 bits per heavy atom. The highest BCUT2D eigenvalue weighted by atomic mass is 16.2. The quantitative estimate of drug-likeness (QED) is 0.614. The second-order valence-electron chi connectivity index (χ2n) is 7.07. The highest BCUT2D eigenvalue weighted by Crippen LogP contribution is 2.30. The summed E-state index contributed by atoms with van der Waals surface area (Å²) in [4.78, 5) is 36.1. The summed E-state index contributed by atoms with van der Waals surface area (Å²) in [6.45, 7) is 2.33. The van der Waals surface area contributed by atoms with Crippen LogP contribution in [0.1, 0.15) is 41.6 Å². The Hall–Kier alpha value is -3.15. The maximum atomic E-state index is 12.2. The molecule has 0 bridgehead atoms. The fourth-order valence-electron chi connectivity index (χ4n) is 2.78. The third-order valence-electron chi connectivity index (χ3n) is 4.63. The molecule has 0 saturated heterocycles. The van der Waals surface area contributed by atoms with Gasteiger partial charge in [0.25, 0.3) is 5.91 Å². The average Bonchev–Trinajstić information content (AvgIpc) is 3.54. The van der Waals surface area contributed by atoms with Gasteiger partial charge < -0.3 is 16.0 Å². The number of amides is 3. The fraction of sp³-hybridized carbons (Fsp3) is 0.318. The third-order valence-corrected chi connectivity index (χ3v) is 4.63. The van der Waals surface area contributed by atoms with Crippen LogP contribution < -0.4 is 16.0 Å². The van der Waals surface area contributed by atoms with Crippen LogP contribution in [0.2, 0.25) is 0 Å². The lowest BCUT2D eigenvalue weighted by atomic mass is 10.1. The molecule has 3 N–H and O–H groups in total. The largest absolute Gasteiger partial charge is 0.352 e. The van der Waals surface area contributed by atoms with Crippen molar-refractivity contribution in [2.24, 2.45) is 5.92 Å². The molecule has 6 nitrogen and oxygen atoms in total. The molecule has 1 saturated carbocycles. The highest BCUT2D eigenvalue weighted by molar-refractivity contribution is 5.96. The predicted octanol–water partition coefficient (Wildman–Crippen LogP) is 3.49. The second kappa shape index (κ2) is 9.17. The Morgan fingerprint density at radius 1 is 1.00 bits per heavy atom. The summed E-state index contributed by atoms with van der Waals surface area (Å²) in [6, 6.07) is 14.5. The van der Waals surface area contributed by atoms with Crippen molar-refractivity contribution in [3.63, 3.8) is 0 Å². The van der Waals surface area contributed by atoms with E-state index in [1.165, 1.54) is 0 Å². The first-order valence-corrected chi connectivity index (χ1v) is 9.57. The monoisotopic (exact) mass is 379 g/mol. The van der Waals surface area contributed by atoms with E-state index in [9.17, 15) is 14.4 Å². The van der Waals surface area contributed by atoms with Crippen molar-refractivity contribution in [2.75, 3.05) is 17.2 Å². The van der Waals surface area contributed by atoms with Crippen molar-refractivity contribution in [1.82, 2.24) is 5.32 Å². The van der Waals surface area contributed by atoms with Crippen molar-refractivity contribution in [1.29, 1.82) is 0 Å². The van der Waals surface area contributed by atoms with E-state index in [1.54, 1.807) is 18.2 Å². The number of hydrogen-bond acceptors (Lipinski definition) is 3. The molecule has 3 rings (SSSR count). The van der Waals surface area contributed by atoms with Crippen LogP contribution in [0.4, 0.5) is 11.4 Å². The van der Waals surface area contributed by atoms with Crippen molar-refractivity contribution >= 4 is 29.1 Å². The van der Waals surface area contributed by atoms with Gasteiger partial charge in [-0.3, -0.25) is 14.4 Å². The molecule has 2 aromatic carbocycles. The van der Waals surface area contributed by atoms with Gasteiger partial charge in [-0.1, -0.05) is 24.3 Å². The summed E-state index contributed by atoms with van der Waals surface area (Å²) in [5, 5.41) is 8.58. The first kappa shape index (κ1) is 19.6. The number of carbonyl (C=O) groups is 3. The standard InChI is InChI=1S/C22H25N3O3/c1-15-9-12-18(24-22(28)17-10-11-17)14-19(15)25-20(26)8-5-13-23-21(27)16-6-3-2-4-7-16/h2-4,6-7,9,12,14,17H,5,8,10-11,13H2,1H3,(H,23,27)(H,24,28)(H,25,26). The summed E-state index contributed by atoms with van der Waals surface area (Å²) >= 11 is 0. The van der Waals surface area contributed by atoms with Gasteiger partial charge in [-0.05, 0) is 56.0 Å². The molecule has 0 spiro atoms. The fourth-order valence-corrected chi connectivity index (χ4v) is 2.78. The summed E-state index contributed by atoms with van der Waals surface area (Å²) < 4.78 is 0. The summed E-state index contributed by atoms with van der Waals surface area (Å²) in [5.74, 6) is -0.0978. The Kier molecular flexibility index (Phi) is 6.42. The van der Waals surface area contributed by atoms with Gasteiger partial charge in [-0.25, -0.2) is 0 Å². The zero-order valence-electron chi connectivity index (χ0n) is 16.0. The average molecular weight is 379 g/mol. The van der Waals surface area contributed by atoms with Crippen LogP contribution in [0.15, 0.2) is 48.5 Å². The molecule has 0 radical (unpaired) electrons. The van der Waals surface area contributed by atoms with Crippen molar-refractivity contribution in [2.45, 2.75) is 32.6 Å². The van der Waals surface area contributed by atoms with E-state index in [0.29, 0.717) is 36.3 Å². The van der Waals surface area contributed by atoms with Gasteiger partial charge in [0.1, 0.15) is 0 Å². The number of aryl methyl sites for hydroxylation is 1.